The Bertz CT molecular complexity index is 875. The second-order valence-corrected chi connectivity index (χ2v) is 6.73. The Balaban J connectivity index is 1.45. The number of benzene rings is 1. The van der Waals surface area contributed by atoms with Crippen molar-refractivity contribution in [1.29, 1.82) is 0 Å². The molecule has 3 atom stereocenters. The molecule has 0 amide bonds. The Morgan fingerprint density at radius 1 is 1.46 bits per heavy atom. The van der Waals surface area contributed by atoms with Gasteiger partial charge in [-0.25, -0.2) is 9.02 Å². The molecule has 28 heavy (non-hydrogen) atoms. The zero-order chi connectivity index (χ0) is 19.7. The Morgan fingerprint density at radius 3 is 3.04 bits per heavy atom. The van der Waals surface area contributed by atoms with Crippen LogP contribution < -0.4 is 10.2 Å². The first kappa shape index (κ1) is 18.7. The van der Waals surface area contributed by atoms with Crippen LogP contribution in [0.25, 0.3) is 0 Å². The SMILES string of the molecule is OCC(O)N1CC[C@H]1COc1nonc1C(=NC1Cc2ccc(F)cc21)NO. The summed E-state index contributed by atoms with van der Waals surface area (Å²) in [5.41, 5.74) is 3.80. The van der Waals surface area contributed by atoms with Crippen molar-refractivity contribution >= 4 is 5.84 Å². The molecule has 2 aliphatic rings. The molecule has 1 fully saturated rings. The minimum absolute atomic E-state index is 0.00276. The van der Waals surface area contributed by atoms with Gasteiger partial charge >= 0.3 is 0 Å². The fourth-order valence-corrected chi connectivity index (χ4v) is 3.40. The normalized spacial score (nSPS) is 22.8. The number of aliphatic hydroxyl groups is 2. The molecule has 1 saturated heterocycles. The predicted octanol–water partition coefficient (Wildman–Crippen LogP) is -0.00470. The third kappa shape index (κ3) is 3.44. The third-order valence-electron chi connectivity index (χ3n) is 5.10. The van der Waals surface area contributed by atoms with Crippen LogP contribution in [0, 0.1) is 5.82 Å². The summed E-state index contributed by atoms with van der Waals surface area (Å²) < 4.78 is 23.8. The maximum absolute atomic E-state index is 13.4. The minimum Gasteiger partial charge on any atom is -0.472 e. The predicted molar refractivity (Wildman–Crippen MR) is 92.3 cm³/mol. The van der Waals surface area contributed by atoms with Crippen LogP contribution in [0.4, 0.5) is 4.39 Å². The number of likely N-dealkylation sites (tertiary alicyclic amines) is 1. The molecule has 0 spiro atoms. The number of hydroxylamine groups is 1. The Kier molecular flexibility index (Phi) is 5.22. The van der Waals surface area contributed by atoms with E-state index in [1.165, 1.54) is 12.1 Å². The number of amidine groups is 1. The van der Waals surface area contributed by atoms with Crippen LogP contribution in [0.15, 0.2) is 27.8 Å². The fourth-order valence-electron chi connectivity index (χ4n) is 3.40. The average Bonchev–Trinajstić information content (AvgIpc) is 3.12. The summed E-state index contributed by atoms with van der Waals surface area (Å²) >= 11 is 0. The van der Waals surface area contributed by atoms with E-state index in [4.69, 9.17) is 14.5 Å². The number of ether oxygens (including phenoxy) is 1. The summed E-state index contributed by atoms with van der Waals surface area (Å²) in [6.45, 7) is 0.485. The molecular formula is C17H20FN5O5. The summed E-state index contributed by atoms with van der Waals surface area (Å²) in [5.74, 6) is -0.319. The van der Waals surface area contributed by atoms with Crippen LogP contribution >= 0.6 is 0 Å². The number of hydrogen-bond donors (Lipinski definition) is 4. The molecule has 4 rings (SSSR count). The Labute approximate surface area is 159 Å². The van der Waals surface area contributed by atoms with Gasteiger partial charge in [0.25, 0.3) is 5.88 Å². The molecule has 10 nitrogen and oxygen atoms in total. The number of nitrogens with one attached hydrogen (secondary N) is 1. The molecule has 0 radical (unpaired) electrons. The number of aliphatic imine (C=N–C) groups is 1. The van der Waals surface area contributed by atoms with Gasteiger partial charge in [0.15, 0.2) is 5.84 Å². The number of halogens is 1. The third-order valence-corrected chi connectivity index (χ3v) is 5.10. The van der Waals surface area contributed by atoms with E-state index in [-0.39, 0.29) is 48.5 Å². The Morgan fingerprint density at radius 2 is 2.32 bits per heavy atom. The van der Waals surface area contributed by atoms with E-state index in [0.717, 1.165) is 17.5 Å². The molecule has 2 heterocycles. The molecule has 1 aromatic carbocycles. The first-order valence-electron chi connectivity index (χ1n) is 8.87. The van der Waals surface area contributed by atoms with Gasteiger partial charge in [-0.15, -0.1) is 0 Å². The first-order chi connectivity index (χ1) is 13.6. The highest BCUT2D eigenvalue weighted by Crippen LogP contribution is 2.37. The summed E-state index contributed by atoms with van der Waals surface area (Å²) in [7, 11) is 0. The lowest BCUT2D eigenvalue weighted by atomic mass is 9.83. The Hall–Kier alpha value is -2.60. The van der Waals surface area contributed by atoms with Gasteiger partial charge in [-0.3, -0.25) is 20.6 Å². The van der Waals surface area contributed by atoms with Gasteiger partial charge in [-0.1, -0.05) is 6.07 Å². The van der Waals surface area contributed by atoms with E-state index < -0.39 is 6.23 Å². The number of hydrogen-bond acceptors (Lipinski definition) is 9. The van der Waals surface area contributed by atoms with E-state index in [1.807, 2.05) is 5.48 Å². The van der Waals surface area contributed by atoms with Crippen molar-refractivity contribution in [3.05, 3.63) is 40.8 Å². The zero-order valence-corrected chi connectivity index (χ0v) is 14.8. The van der Waals surface area contributed by atoms with Crippen molar-refractivity contribution in [2.75, 3.05) is 19.8 Å². The van der Waals surface area contributed by atoms with Gasteiger partial charge < -0.3 is 14.9 Å². The molecule has 4 N–H and O–H groups in total. The van der Waals surface area contributed by atoms with Crippen LogP contribution in [0.3, 0.4) is 0 Å². The van der Waals surface area contributed by atoms with Gasteiger partial charge in [-0.2, -0.15) is 0 Å². The van der Waals surface area contributed by atoms with Crippen LogP contribution in [-0.4, -0.2) is 68.5 Å². The highest BCUT2D eigenvalue weighted by Gasteiger charge is 2.34. The number of aromatic nitrogens is 2. The summed E-state index contributed by atoms with van der Waals surface area (Å²) in [6, 6.07) is 4.11. The quantitative estimate of drug-likeness (QED) is 0.291. The van der Waals surface area contributed by atoms with Crippen LogP contribution in [0.5, 0.6) is 5.88 Å². The van der Waals surface area contributed by atoms with Gasteiger partial charge in [0.2, 0.25) is 5.69 Å². The number of fused-ring (bicyclic) bond motifs is 1. The lowest BCUT2D eigenvalue weighted by molar-refractivity contribution is -0.108. The number of aliphatic hydroxyl groups excluding tert-OH is 2. The fraction of sp³-hybridized carbons (Fsp3) is 0.471. The maximum atomic E-state index is 13.4. The molecule has 11 heteroatoms. The van der Waals surface area contributed by atoms with E-state index in [1.54, 1.807) is 11.0 Å². The van der Waals surface area contributed by atoms with Gasteiger partial charge in [0.1, 0.15) is 18.7 Å². The first-order valence-corrected chi connectivity index (χ1v) is 8.87. The van der Waals surface area contributed by atoms with Crippen molar-refractivity contribution in [2.24, 2.45) is 4.99 Å². The summed E-state index contributed by atoms with van der Waals surface area (Å²) in [5, 5.41) is 35.6. The van der Waals surface area contributed by atoms with E-state index >= 15 is 0 Å². The zero-order valence-electron chi connectivity index (χ0n) is 14.8. The van der Waals surface area contributed by atoms with Crippen molar-refractivity contribution in [3.8, 4) is 5.88 Å². The lowest BCUT2D eigenvalue weighted by Crippen LogP contribution is -2.56. The van der Waals surface area contributed by atoms with E-state index in [0.29, 0.717) is 13.0 Å². The average molecular weight is 393 g/mol. The molecule has 1 aliphatic carbocycles. The van der Waals surface area contributed by atoms with Gasteiger partial charge in [0.05, 0.1) is 12.6 Å². The van der Waals surface area contributed by atoms with Crippen LogP contribution in [0.1, 0.15) is 29.3 Å². The maximum Gasteiger partial charge on any atom is 0.287 e. The molecular weight excluding hydrogens is 373 g/mol. The minimum atomic E-state index is -0.937. The van der Waals surface area contributed by atoms with E-state index in [2.05, 4.69) is 15.3 Å². The molecule has 1 aliphatic heterocycles. The highest BCUT2D eigenvalue weighted by atomic mass is 19.1. The molecule has 2 unspecified atom stereocenters. The largest absolute Gasteiger partial charge is 0.472 e. The van der Waals surface area contributed by atoms with Crippen molar-refractivity contribution < 1.29 is 29.2 Å². The monoisotopic (exact) mass is 393 g/mol. The number of nitrogens with zero attached hydrogens (tertiary/aromatic N) is 4. The number of rotatable bonds is 7. The molecule has 0 bridgehead atoms. The standard InChI is InChI=1S/C17H20FN5O5/c18-10-2-1-9-5-13(12(9)6-10)19-16(20-26)15-17(22-28-21-15)27-8-11-3-4-23(11)14(25)7-24/h1-2,6,11,13-14,24-26H,3-5,7-8H2,(H,19,20)/t11-,13?,14?/m0/s1. The molecule has 150 valence electrons. The van der Waals surface area contributed by atoms with Crippen molar-refractivity contribution in [1.82, 2.24) is 20.7 Å². The lowest BCUT2D eigenvalue weighted by Gasteiger charge is -2.42. The molecule has 2 aromatic rings. The second kappa shape index (κ2) is 7.80. The molecule has 0 saturated carbocycles. The molecule has 1 aromatic heterocycles. The van der Waals surface area contributed by atoms with Crippen LogP contribution in [-0.2, 0) is 6.42 Å². The highest BCUT2D eigenvalue weighted by molar-refractivity contribution is 5.98. The van der Waals surface area contributed by atoms with Crippen molar-refractivity contribution in [2.45, 2.75) is 31.2 Å². The smallest absolute Gasteiger partial charge is 0.287 e. The van der Waals surface area contributed by atoms with Gasteiger partial charge in [-0.05, 0) is 46.4 Å². The van der Waals surface area contributed by atoms with Crippen LogP contribution in [0.2, 0.25) is 0 Å². The summed E-state index contributed by atoms with van der Waals surface area (Å²) in [4.78, 5) is 6.07. The van der Waals surface area contributed by atoms with Gasteiger partial charge in [0, 0.05) is 12.6 Å². The van der Waals surface area contributed by atoms with E-state index in [9.17, 15) is 14.7 Å². The summed E-state index contributed by atoms with van der Waals surface area (Å²) in [6.07, 6.45) is 0.465. The topological polar surface area (TPSA) is 136 Å². The second-order valence-electron chi connectivity index (χ2n) is 6.73. The van der Waals surface area contributed by atoms with Crippen molar-refractivity contribution in [3.63, 3.8) is 0 Å².